The Balaban J connectivity index is 1.39. The lowest BCUT2D eigenvalue weighted by Gasteiger charge is -1.99. The number of aryl methyl sites for hydroxylation is 1. The highest BCUT2D eigenvalue weighted by Crippen LogP contribution is 2.25. The summed E-state index contributed by atoms with van der Waals surface area (Å²) in [4.78, 5) is 17.6. The molecule has 6 heteroatoms. The molecule has 0 saturated heterocycles. The second kappa shape index (κ2) is 8.32. The van der Waals surface area contributed by atoms with E-state index >= 15 is 0 Å². The van der Waals surface area contributed by atoms with Crippen molar-refractivity contribution in [3.05, 3.63) is 82.6 Å². The number of amides is 1. The van der Waals surface area contributed by atoms with Crippen LogP contribution in [0.2, 0.25) is 0 Å². The maximum Gasteiger partial charge on any atom is 0.250 e. The van der Waals surface area contributed by atoms with Crippen molar-refractivity contribution in [3.63, 3.8) is 0 Å². The molecule has 2 aromatic heterocycles. The summed E-state index contributed by atoms with van der Waals surface area (Å²) < 4.78 is 10.9. The highest BCUT2D eigenvalue weighted by molar-refractivity contribution is 7.15. The van der Waals surface area contributed by atoms with Crippen molar-refractivity contribution in [2.45, 2.75) is 13.3 Å². The predicted molar refractivity (Wildman–Crippen MR) is 117 cm³/mol. The Bertz CT molecular complexity index is 1190. The van der Waals surface area contributed by atoms with E-state index in [9.17, 15) is 4.79 Å². The van der Waals surface area contributed by atoms with Crippen LogP contribution >= 0.6 is 11.3 Å². The number of hydrogen-bond acceptors (Lipinski definition) is 5. The molecular formula is C23H20N2O3S. The molecule has 4 aromatic rings. The highest BCUT2D eigenvalue weighted by atomic mass is 32.1. The van der Waals surface area contributed by atoms with Gasteiger partial charge in [0.05, 0.1) is 7.11 Å². The second-order valence-electron chi connectivity index (χ2n) is 6.67. The van der Waals surface area contributed by atoms with Crippen LogP contribution in [-0.2, 0) is 11.2 Å². The molecule has 1 N–H and O–H groups in total. The fourth-order valence-electron chi connectivity index (χ4n) is 3.03. The fraction of sp³-hybridized carbons (Fsp3) is 0.130. The first-order valence-electron chi connectivity index (χ1n) is 9.16. The molecule has 2 aromatic carbocycles. The van der Waals surface area contributed by atoms with Gasteiger partial charge < -0.3 is 9.15 Å². The Kier molecular flexibility index (Phi) is 5.44. The van der Waals surface area contributed by atoms with E-state index in [-0.39, 0.29) is 5.91 Å². The topological polar surface area (TPSA) is 64.4 Å². The van der Waals surface area contributed by atoms with Crippen LogP contribution in [0.1, 0.15) is 21.8 Å². The molecule has 0 aliphatic heterocycles. The summed E-state index contributed by atoms with van der Waals surface area (Å²) >= 11 is 1.48. The van der Waals surface area contributed by atoms with E-state index in [0.717, 1.165) is 28.0 Å². The summed E-state index contributed by atoms with van der Waals surface area (Å²) in [7, 11) is 1.62. The number of nitrogens with one attached hydrogen (secondary N) is 1. The molecule has 5 nitrogen and oxygen atoms in total. The lowest BCUT2D eigenvalue weighted by Crippen LogP contribution is -2.06. The Labute approximate surface area is 172 Å². The number of hydrogen-bond donors (Lipinski definition) is 1. The minimum Gasteiger partial charge on any atom is -0.497 e. The molecule has 29 heavy (non-hydrogen) atoms. The third-order valence-corrected chi connectivity index (χ3v) is 5.30. The van der Waals surface area contributed by atoms with Gasteiger partial charge in [0, 0.05) is 29.0 Å². The molecular weight excluding hydrogens is 384 g/mol. The van der Waals surface area contributed by atoms with Crippen LogP contribution in [0.15, 0.2) is 65.2 Å². The SMILES string of the molecule is COc1ccc2oc(C=CC(=O)Nc3ncc(Cc4cccc(C)c4)s3)cc2c1. The van der Waals surface area contributed by atoms with Crippen LogP contribution in [0.5, 0.6) is 5.75 Å². The normalized spacial score (nSPS) is 11.2. The number of rotatable bonds is 6. The zero-order valence-corrected chi connectivity index (χ0v) is 17.0. The van der Waals surface area contributed by atoms with Crippen molar-refractivity contribution in [3.8, 4) is 5.75 Å². The van der Waals surface area contributed by atoms with E-state index in [1.54, 1.807) is 19.4 Å². The first-order valence-corrected chi connectivity index (χ1v) is 9.97. The van der Waals surface area contributed by atoms with Gasteiger partial charge >= 0.3 is 0 Å². The number of fused-ring (bicyclic) bond motifs is 1. The van der Waals surface area contributed by atoms with Gasteiger partial charge in [0.2, 0.25) is 5.91 Å². The van der Waals surface area contributed by atoms with Crippen LogP contribution in [0.4, 0.5) is 5.13 Å². The Morgan fingerprint density at radius 3 is 2.97 bits per heavy atom. The zero-order chi connectivity index (χ0) is 20.2. The van der Waals surface area contributed by atoms with Crippen molar-refractivity contribution >= 4 is 39.4 Å². The van der Waals surface area contributed by atoms with Gasteiger partial charge in [-0.3, -0.25) is 10.1 Å². The average Bonchev–Trinajstić information content (AvgIpc) is 3.32. The monoisotopic (exact) mass is 404 g/mol. The number of nitrogens with zero attached hydrogens (tertiary/aromatic N) is 1. The number of benzene rings is 2. The minimum atomic E-state index is -0.250. The van der Waals surface area contributed by atoms with E-state index in [1.165, 1.54) is 28.5 Å². The first kappa shape index (κ1) is 19.0. The molecule has 2 heterocycles. The average molecular weight is 404 g/mol. The maximum atomic E-state index is 12.2. The lowest BCUT2D eigenvalue weighted by atomic mass is 10.1. The van der Waals surface area contributed by atoms with Crippen molar-refractivity contribution in [2.24, 2.45) is 0 Å². The van der Waals surface area contributed by atoms with Gasteiger partial charge in [0.15, 0.2) is 5.13 Å². The largest absolute Gasteiger partial charge is 0.497 e. The number of methoxy groups -OCH3 is 1. The van der Waals surface area contributed by atoms with E-state index < -0.39 is 0 Å². The smallest absolute Gasteiger partial charge is 0.250 e. The standard InChI is InChI=1S/C23H20N2O3S/c1-15-4-3-5-16(10-15)11-20-14-24-23(29-20)25-22(26)9-7-19-13-17-12-18(27-2)6-8-21(17)28-19/h3-10,12-14H,11H2,1-2H3,(H,24,25,26). The van der Waals surface area contributed by atoms with Gasteiger partial charge in [-0.15, -0.1) is 11.3 Å². The lowest BCUT2D eigenvalue weighted by molar-refractivity contribution is -0.111. The van der Waals surface area contributed by atoms with Gasteiger partial charge in [-0.2, -0.15) is 0 Å². The summed E-state index contributed by atoms with van der Waals surface area (Å²) in [5.41, 5.74) is 3.20. The van der Waals surface area contributed by atoms with Crippen LogP contribution < -0.4 is 10.1 Å². The van der Waals surface area contributed by atoms with Crippen molar-refractivity contribution in [1.82, 2.24) is 4.98 Å². The molecule has 0 aliphatic carbocycles. The molecule has 146 valence electrons. The molecule has 0 radical (unpaired) electrons. The van der Waals surface area contributed by atoms with E-state index in [4.69, 9.17) is 9.15 Å². The Hall–Kier alpha value is -3.38. The summed E-state index contributed by atoms with van der Waals surface area (Å²) in [5, 5.41) is 4.30. The van der Waals surface area contributed by atoms with Crippen LogP contribution in [-0.4, -0.2) is 18.0 Å². The van der Waals surface area contributed by atoms with E-state index in [1.807, 2.05) is 30.3 Å². The van der Waals surface area contributed by atoms with Crippen LogP contribution in [0.25, 0.3) is 17.0 Å². The van der Waals surface area contributed by atoms with Crippen LogP contribution in [0.3, 0.4) is 0 Å². The van der Waals surface area contributed by atoms with E-state index in [0.29, 0.717) is 10.9 Å². The Morgan fingerprint density at radius 1 is 1.24 bits per heavy atom. The number of ether oxygens (including phenoxy) is 1. The first-order chi connectivity index (χ1) is 14.1. The zero-order valence-electron chi connectivity index (χ0n) is 16.1. The summed E-state index contributed by atoms with van der Waals surface area (Å²) in [6, 6.07) is 15.8. The molecule has 0 saturated carbocycles. The van der Waals surface area contributed by atoms with Gasteiger partial charge in [0.1, 0.15) is 17.1 Å². The second-order valence-corrected chi connectivity index (χ2v) is 7.79. The maximum absolute atomic E-state index is 12.2. The summed E-state index contributed by atoms with van der Waals surface area (Å²) in [6.07, 6.45) is 5.69. The number of carbonyl (C=O) groups excluding carboxylic acids is 1. The third kappa shape index (κ3) is 4.73. The van der Waals surface area contributed by atoms with E-state index in [2.05, 4.69) is 35.4 Å². The van der Waals surface area contributed by atoms with Gasteiger partial charge in [-0.25, -0.2) is 4.98 Å². The van der Waals surface area contributed by atoms with Gasteiger partial charge in [-0.1, -0.05) is 29.8 Å². The molecule has 0 spiro atoms. The van der Waals surface area contributed by atoms with Gasteiger partial charge in [-0.05, 0) is 42.8 Å². The molecule has 0 atom stereocenters. The molecule has 0 aliphatic rings. The number of aromatic nitrogens is 1. The molecule has 0 bridgehead atoms. The number of furan rings is 1. The molecule has 0 unspecified atom stereocenters. The van der Waals surface area contributed by atoms with Crippen molar-refractivity contribution in [1.29, 1.82) is 0 Å². The van der Waals surface area contributed by atoms with Crippen LogP contribution in [0, 0.1) is 6.92 Å². The Morgan fingerprint density at radius 2 is 2.14 bits per heavy atom. The quantitative estimate of drug-likeness (QED) is 0.434. The number of thiazole rings is 1. The summed E-state index contributed by atoms with van der Waals surface area (Å²) in [5.74, 6) is 1.11. The fourth-order valence-corrected chi connectivity index (χ4v) is 3.88. The predicted octanol–water partition coefficient (Wildman–Crippen LogP) is 5.45. The molecule has 0 fully saturated rings. The summed E-state index contributed by atoms with van der Waals surface area (Å²) in [6.45, 7) is 2.08. The highest BCUT2D eigenvalue weighted by Gasteiger charge is 2.07. The number of carbonyl (C=O) groups is 1. The number of anilines is 1. The molecule has 4 rings (SSSR count). The minimum absolute atomic E-state index is 0.250. The van der Waals surface area contributed by atoms with Crippen molar-refractivity contribution < 1.29 is 13.9 Å². The van der Waals surface area contributed by atoms with Crippen molar-refractivity contribution in [2.75, 3.05) is 12.4 Å². The van der Waals surface area contributed by atoms with Gasteiger partial charge in [0.25, 0.3) is 0 Å². The third-order valence-electron chi connectivity index (χ3n) is 4.39. The molecule has 1 amide bonds.